The molecule has 1 aromatic carbocycles. The van der Waals surface area contributed by atoms with Crippen molar-refractivity contribution in [3.05, 3.63) is 65.5 Å². The lowest BCUT2D eigenvalue weighted by molar-refractivity contribution is 0.101. The fourth-order valence-electron chi connectivity index (χ4n) is 4.71. The summed E-state index contributed by atoms with van der Waals surface area (Å²) in [6, 6.07) is 10.2. The second kappa shape index (κ2) is 9.96. The van der Waals surface area contributed by atoms with Crippen molar-refractivity contribution in [2.45, 2.75) is 35.6 Å². The Morgan fingerprint density at radius 3 is 2.73 bits per heavy atom. The quantitative estimate of drug-likeness (QED) is 0.378. The standard InChI is InChI=1S/C26H22FN7O2S/c1-16-22(13-31-34(16)21-4-3-7-32(15-21)26(35)36-2)18-9-24(25-19(11-29)12-30-33(25)14-18)37-23-6-5-20(27)8-17(23)10-28/h5-6,8-9,12-14,21H,3-4,7,15H2,1-2H3/t21-/m0/s1. The van der Waals surface area contributed by atoms with Gasteiger partial charge in [0.15, 0.2) is 0 Å². The van der Waals surface area contributed by atoms with Crippen LogP contribution in [-0.4, -0.2) is 50.6 Å². The Morgan fingerprint density at radius 1 is 1.16 bits per heavy atom. The Hall–Kier alpha value is -4.35. The SMILES string of the molecule is COC(=O)N1CCC[C@H](n2ncc(-c3cc(Sc4ccc(F)cc4C#N)c4c(C#N)cnn4c3)c2C)C1. The number of hydrogen-bond donors (Lipinski definition) is 0. The molecule has 4 aromatic rings. The van der Waals surface area contributed by atoms with Crippen LogP contribution < -0.4 is 0 Å². The lowest BCUT2D eigenvalue weighted by Gasteiger charge is -2.32. The third-order valence-electron chi connectivity index (χ3n) is 6.51. The predicted octanol–water partition coefficient (Wildman–Crippen LogP) is 4.94. The van der Waals surface area contributed by atoms with Gasteiger partial charge >= 0.3 is 6.09 Å². The highest BCUT2D eigenvalue weighted by Crippen LogP contribution is 2.38. The van der Waals surface area contributed by atoms with Crippen LogP contribution in [0.5, 0.6) is 0 Å². The van der Waals surface area contributed by atoms with Gasteiger partial charge < -0.3 is 9.64 Å². The number of fused-ring (bicyclic) bond motifs is 1. The van der Waals surface area contributed by atoms with Gasteiger partial charge in [0, 0.05) is 45.9 Å². The van der Waals surface area contributed by atoms with Gasteiger partial charge in [-0.05, 0) is 44.0 Å². The van der Waals surface area contributed by atoms with Crippen molar-refractivity contribution >= 4 is 23.4 Å². The van der Waals surface area contributed by atoms with Crippen molar-refractivity contribution in [1.29, 1.82) is 10.5 Å². The molecule has 1 atom stereocenters. The summed E-state index contributed by atoms with van der Waals surface area (Å²) in [4.78, 5) is 15.0. The zero-order valence-corrected chi connectivity index (χ0v) is 21.0. The number of hydrogen-bond acceptors (Lipinski definition) is 7. The molecule has 0 N–H and O–H groups in total. The number of methoxy groups -OCH3 is 1. The average Bonchev–Trinajstić information content (AvgIpc) is 3.52. The van der Waals surface area contributed by atoms with E-state index in [2.05, 4.69) is 16.3 Å². The fourth-order valence-corrected chi connectivity index (χ4v) is 5.79. The molecule has 9 nitrogen and oxygen atoms in total. The summed E-state index contributed by atoms with van der Waals surface area (Å²) in [5, 5.41) is 28.2. The van der Waals surface area contributed by atoms with Gasteiger partial charge in [-0.3, -0.25) is 4.68 Å². The zero-order chi connectivity index (χ0) is 26.1. The molecule has 0 aliphatic carbocycles. The molecule has 11 heteroatoms. The van der Waals surface area contributed by atoms with E-state index in [4.69, 9.17) is 4.74 Å². The number of benzene rings is 1. The summed E-state index contributed by atoms with van der Waals surface area (Å²) in [6.45, 7) is 3.15. The van der Waals surface area contributed by atoms with E-state index >= 15 is 0 Å². The maximum atomic E-state index is 13.7. The number of aromatic nitrogens is 4. The van der Waals surface area contributed by atoms with Crippen molar-refractivity contribution in [3.63, 3.8) is 0 Å². The van der Waals surface area contributed by atoms with E-state index in [1.54, 1.807) is 21.7 Å². The summed E-state index contributed by atoms with van der Waals surface area (Å²) in [5.41, 5.74) is 3.85. The Morgan fingerprint density at radius 2 is 1.97 bits per heavy atom. The van der Waals surface area contributed by atoms with Crippen LogP contribution >= 0.6 is 11.8 Å². The number of pyridine rings is 1. The third kappa shape index (κ3) is 4.50. The minimum Gasteiger partial charge on any atom is -0.453 e. The van der Waals surface area contributed by atoms with E-state index in [0.717, 1.165) is 29.7 Å². The summed E-state index contributed by atoms with van der Waals surface area (Å²) in [5.74, 6) is -0.488. The number of carbonyl (C=O) groups is 1. The number of rotatable bonds is 4. The molecule has 0 unspecified atom stereocenters. The molecule has 1 amide bonds. The molecule has 0 bridgehead atoms. The average molecular weight is 516 g/mol. The molecule has 0 saturated carbocycles. The molecule has 0 spiro atoms. The molecule has 1 aliphatic heterocycles. The maximum Gasteiger partial charge on any atom is 0.409 e. The lowest BCUT2D eigenvalue weighted by atomic mass is 10.0. The molecule has 1 aliphatic rings. The molecule has 0 radical (unpaired) electrons. The third-order valence-corrected chi connectivity index (χ3v) is 7.62. The van der Waals surface area contributed by atoms with E-state index in [1.165, 1.54) is 37.2 Å². The van der Waals surface area contributed by atoms with Crippen molar-refractivity contribution < 1.29 is 13.9 Å². The zero-order valence-electron chi connectivity index (χ0n) is 20.2. The number of halogens is 1. The van der Waals surface area contributed by atoms with Gasteiger partial charge in [0.25, 0.3) is 0 Å². The normalized spacial score (nSPS) is 15.4. The van der Waals surface area contributed by atoms with Gasteiger partial charge in [0.05, 0.1) is 42.2 Å². The minimum atomic E-state index is -0.488. The van der Waals surface area contributed by atoms with Crippen LogP contribution in [-0.2, 0) is 4.74 Å². The maximum absolute atomic E-state index is 13.7. The molecule has 1 saturated heterocycles. The number of carbonyl (C=O) groups excluding carboxylic acids is 1. The highest BCUT2D eigenvalue weighted by molar-refractivity contribution is 7.99. The molecular formula is C26H22FN7O2S. The Bertz CT molecular complexity index is 1600. The topological polar surface area (TPSA) is 112 Å². The number of piperidine rings is 1. The van der Waals surface area contributed by atoms with Crippen LogP contribution in [0.4, 0.5) is 9.18 Å². The highest BCUT2D eigenvalue weighted by Gasteiger charge is 2.27. The van der Waals surface area contributed by atoms with Gasteiger partial charge in [-0.25, -0.2) is 13.7 Å². The number of likely N-dealkylation sites (tertiary alicyclic amines) is 1. The second-order valence-corrected chi connectivity index (χ2v) is 9.79. The number of nitrogens with zero attached hydrogens (tertiary/aromatic N) is 7. The Balaban J connectivity index is 1.56. The predicted molar refractivity (Wildman–Crippen MR) is 133 cm³/mol. The minimum absolute atomic E-state index is 0.0199. The first-order valence-electron chi connectivity index (χ1n) is 11.6. The largest absolute Gasteiger partial charge is 0.453 e. The summed E-state index contributed by atoms with van der Waals surface area (Å²) in [6.07, 6.45) is 6.53. The van der Waals surface area contributed by atoms with Crippen LogP contribution in [0, 0.1) is 35.4 Å². The monoisotopic (exact) mass is 515 g/mol. The Kier molecular flexibility index (Phi) is 6.55. The molecule has 4 heterocycles. The smallest absolute Gasteiger partial charge is 0.409 e. The number of nitriles is 2. The van der Waals surface area contributed by atoms with Gasteiger partial charge in [-0.2, -0.15) is 20.7 Å². The number of amides is 1. The summed E-state index contributed by atoms with van der Waals surface area (Å²) >= 11 is 1.28. The molecule has 1 fully saturated rings. The van der Waals surface area contributed by atoms with Crippen LogP contribution in [0.3, 0.4) is 0 Å². The van der Waals surface area contributed by atoms with E-state index in [-0.39, 0.29) is 17.7 Å². The van der Waals surface area contributed by atoms with Crippen LogP contribution in [0.1, 0.15) is 35.7 Å². The first-order chi connectivity index (χ1) is 17.9. The molecule has 3 aromatic heterocycles. The first-order valence-corrected chi connectivity index (χ1v) is 12.4. The second-order valence-electron chi connectivity index (χ2n) is 8.71. The van der Waals surface area contributed by atoms with Crippen LogP contribution in [0.2, 0.25) is 0 Å². The van der Waals surface area contributed by atoms with Gasteiger partial charge in [0.2, 0.25) is 0 Å². The molecule has 37 heavy (non-hydrogen) atoms. The van der Waals surface area contributed by atoms with Gasteiger partial charge in [-0.1, -0.05) is 11.8 Å². The van der Waals surface area contributed by atoms with E-state index in [1.807, 2.05) is 29.9 Å². The lowest BCUT2D eigenvalue weighted by Crippen LogP contribution is -2.41. The molecule has 186 valence electrons. The highest BCUT2D eigenvalue weighted by atomic mass is 32.2. The van der Waals surface area contributed by atoms with Crippen LogP contribution in [0.15, 0.2) is 52.6 Å². The fraction of sp³-hybridized carbons (Fsp3) is 0.269. The molecular weight excluding hydrogens is 493 g/mol. The van der Waals surface area contributed by atoms with Gasteiger partial charge in [0.1, 0.15) is 18.0 Å². The summed E-state index contributed by atoms with van der Waals surface area (Å²) < 4.78 is 22.2. The van der Waals surface area contributed by atoms with Crippen molar-refractivity contribution in [1.82, 2.24) is 24.3 Å². The first kappa shape index (κ1) is 24.3. The number of ether oxygens (including phenoxy) is 1. The van der Waals surface area contributed by atoms with Crippen molar-refractivity contribution in [3.8, 4) is 23.3 Å². The van der Waals surface area contributed by atoms with E-state index < -0.39 is 5.82 Å². The van der Waals surface area contributed by atoms with E-state index in [0.29, 0.717) is 34.0 Å². The van der Waals surface area contributed by atoms with Crippen molar-refractivity contribution in [2.75, 3.05) is 20.2 Å². The van der Waals surface area contributed by atoms with Crippen molar-refractivity contribution in [2.24, 2.45) is 0 Å². The van der Waals surface area contributed by atoms with Gasteiger partial charge in [-0.15, -0.1) is 0 Å². The van der Waals surface area contributed by atoms with E-state index in [9.17, 15) is 19.7 Å². The summed E-state index contributed by atoms with van der Waals surface area (Å²) in [7, 11) is 1.38. The van der Waals surface area contributed by atoms with Crippen LogP contribution in [0.25, 0.3) is 16.6 Å². The molecule has 5 rings (SSSR count). The Labute approximate surface area is 216 Å².